The minimum absolute atomic E-state index is 0.354. The quantitative estimate of drug-likeness (QED) is 0.839. The molecular formula is C14H22N2. The third kappa shape index (κ3) is 2.83. The van der Waals surface area contributed by atoms with Crippen LogP contribution < -0.4 is 5.32 Å². The van der Waals surface area contributed by atoms with Crippen molar-refractivity contribution < 1.29 is 0 Å². The molecule has 1 unspecified atom stereocenters. The summed E-state index contributed by atoms with van der Waals surface area (Å²) in [5, 5.41) is 3.64. The molecule has 16 heavy (non-hydrogen) atoms. The summed E-state index contributed by atoms with van der Waals surface area (Å²) in [5.41, 5.74) is 1.76. The largest absolute Gasteiger partial charge is 0.299 e. The summed E-state index contributed by atoms with van der Waals surface area (Å²) >= 11 is 0. The van der Waals surface area contributed by atoms with Crippen molar-refractivity contribution in [2.24, 2.45) is 0 Å². The molecule has 88 valence electrons. The predicted molar refractivity (Wildman–Crippen MR) is 68.2 cm³/mol. The summed E-state index contributed by atoms with van der Waals surface area (Å²) in [6.07, 6.45) is 2.46. The second kappa shape index (κ2) is 4.98. The number of hydrogen-bond acceptors (Lipinski definition) is 2. The first-order valence-corrected chi connectivity index (χ1v) is 6.23. The Morgan fingerprint density at radius 2 is 2.06 bits per heavy atom. The van der Waals surface area contributed by atoms with Crippen molar-refractivity contribution in [2.45, 2.75) is 38.8 Å². The van der Waals surface area contributed by atoms with Crippen LogP contribution in [0.2, 0.25) is 0 Å². The summed E-state index contributed by atoms with van der Waals surface area (Å²) in [4.78, 5) is 2.48. The van der Waals surface area contributed by atoms with Crippen LogP contribution in [0.5, 0.6) is 0 Å². The standard InChI is InChI=1S/C14H22N2/c1-3-14(2)9-10-16(12-15-14)11-13-7-5-4-6-8-13/h4-8,15H,3,9-12H2,1-2H3. The maximum absolute atomic E-state index is 3.64. The lowest BCUT2D eigenvalue weighted by Gasteiger charge is -2.40. The summed E-state index contributed by atoms with van der Waals surface area (Å²) in [6, 6.07) is 10.7. The first kappa shape index (κ1) is 11.6. The Labute approximate surface area is 98.7 Å². The lowest BCUT2D eigenvalue weighted by molar-refractivity contribution is 0.125. The number of nitrogens with one attached hydrogen (secondary N) is 1. The van der Waals surface area contributed by atoms with Gasteiger partial charge < -0.3 is 0 Å². The first-order chi connectivity index (χ1) is 7.72. The Bertz CT molecular complexity index is 313. The molecule has 2 nitrogen and oxygen atoms in total. The molecule has 1 aliphatic heterocycles. The zero-order valence-corrected chi connectivity index (χ0v) is 10.4. The van der Waals surface area contributed by atoms with E-state index >= 15 is 0 Å². The molecule has 2 rings (SSSR count). The van der Waals surface area contributed by atoms with Crippen molar-refractivity contribution in [1.29, 1.82) is 0 Å². The zero-order chi connectivity index (χ0) is 11.4. The van der Waals surface area contributed by atoms with E-state index < -0.39 is 0 Å². The van der Waals surface area contributed by atoms with E-state index in [9.17, 15) is 0 Å². The molecule has 0 radical (unpaired) electrons. The topological polar surface area (TPSA) is 15.3 Å². The van der Waals surface area contributed by atoms with Gasteiger partial charge in [0, 0.05) is 25.3 Å². The van der Waals surface area contributed by atoms with Crippen LogP contribution in [0.1, 0.15) is 32.3 Å². The number of nitrogens with zero attached hydrogens (tertiary/aromatic N) is 1. The number of benzene rings is 1. The Morgan fingerprint density at radius 1 is 1.31 bits per heavy atom. The molecule has 1 heterocycles. The van der Waals surface area contributed by atoms with Crippen molar-refractivity contribution >= 4 is 0 Å². The molecule has 1 atom stereocenters. The number of hydrogen-bond donors (Lipinski definition) is 1. The Balaban J connectivity index is 1.86. The van der Waals surface area contributed by atoms with Crippen LogP contribution in [0.15, 0.2) is 30.3 Å². The van der Waals surface area contributed by atoms with Gasteiger partial charge >= 0.3 is 0 Å². The lowest BCUT2D eigenvalue weighted by atomic mass is 9.93. The van der Waals surface area contributed by atoms with Crippen LogP contribution in [0.25, 0.3) is 0 Å². The average molecular weight is 218 g/mol. The average Bonchev–Trinajstić information content (AvgIpc) is 2.34. The summed E-state index contributed by atoms with van der Waals surface area (Å²) in [5.74, 6) is 0. The van der Waals surface area contributed by atoms with E-state index in [0.717, 1.165) is 13.2 Å². The molecule has 0 saturated carbocycles. The van der Waals surface area contributed by atoms with Gasteiger partial charge in [-0.2, -0.15) is 0 Å². The van der Waals surface area contributed by atoms with E-state index in [4.69, 9.17) is 0 Å². The monoisotopic (exact) mass is 218 g/mol. The van der Waals surface area contributed by atoms with Gasteiger partial charge in [-0.05, 0) is 25.3 Å². The van der Waals surface area contributed by atoms with Gasteiger partial charge in [-0.1, -0.05) is 37.3 Å². The molecular weight excluding hydrogens is 196 g/mol. The minimum Gasteiger partial charge on any atom is -0.299 e. The fourth-order valence-corrected chi connectivity index (χ4v) is 2.15. The van der Waals surface area contributed by atoms with Gasteiger partial charge in [0.05, 0.1) is 0 Å². The van der Waals surface area contributed by atoms with Gasteiger partial charge in [0.25, 0.3) is 0 Å². The van der Waals surface area contributed by atoms with E-state index in [-0.39, 0.29) is 0 Å². The summed E-state index contributed by atoms with van der Waals surface area (Å²) in [6.45, 7) is 7.87. The fraction of sp³-hybridized carbons (Fsp3) is 0.571. The normalized spacial score (nSPS) is 26.9. The summed E-state index contributed by atoms with van der Waals surface area (Å²) < 4.78 is 0. The van der Waals surface area contributed by atoms with Crippen molar-refractivity contribution in [1.82, 2.24) is 10.2 Å². The first-order valence-electron chi connectivity index (χ1n) is 6.23. The van der Waals surface area contributed by atoms with E-state index in [2.05, 4.69) is 54.4 Å². The molecule has 1 saturated heterocycles. The predicted octanol–water partition coefficient (Wildman–Crippen LogP) is 2.61. The summed E-state index contributed by atoms with van der Waals surface area (Å²) in [7, 11) is 0. The Morgan fingerprint density at radius 3 is 2.62 bits per heavy atom. The smallest absolute Gasteiger partial charge is 0.0487 e. The van der Waals surface area contributed by atoms with Gasteiger partial charge in [-0.25, -0.2) is 0 Å². The molecule has 0 bridgehead atoms. The van der Waals surface area contributed by atoms with Gasteiger partial charge in [0.2, 0.25) is 0 Å². The molecule has 0 spiro atoms. The third-order valence-electron chi connectivity index (χ3n) is 3.74. The van der Waals surface area contributed by atoms with Crippen molar-refractivity contribution in [3.63, 3.8) is 0 Å². The highest BCUT2D eigenvalue weighted by Crippen LogP contribution is 2.19. The van der Waals surface area contributed by atoms with E-state index in [0.29, 0.717) is 5.54 Å². The van der Waals surface area contributed by atoms with Crippen LogP contribution in [-0.2, 0) is 6.54 Å². The molecule has 1 aromatic carbocycles. The van der Waals surface area contributed by atoms with Gasteiger partial charge in [0.1, 0.15) is 0 Å². The van der Waals surface area contributed by atoms with Crippen LogP contribution >= 0.6 is 0 Å². The van der Waals surface area contributed by atoms with E-state index in [1.807, 2.05) is 0 Å². The highest BCUT2D eigenvalue weighted by Gasteiger charge is 2.27. The molecule has 0 amide bonds. The highest BCUT2D eigenvalue weighted by molar-refractivity contribution is 5.14. The number of rotatable bonds is 3. The van der Waals surface area contributed by atoms with E-state index in [1.54, 1.807) is 0 Å². The lowest BCUT2D eigenvalue weighted by Crippen LogP contribution is -2.54. The molecule has 0 aliphatic carbocycles. The van der Waals surface area contributed by atoms with Gasteiger partial charge in [-0.3, -0.25) is 10.2 Å². The second-order valence-corrected chi connectivity index (χ2v) is 5.04. The molecule has 1 N–H and O–H groups in total. The second-order valence-electron chi connectivity index (χ2n) is 5.04. The Hall–Kier alpha value is -0.860. The molecule has 1 aromatic rings. The fourth-order valence-electron chi connectivity index (χ4n) is 2.15. The Kier molecular flexibility index (Phi) is 3.62. The van der Waals surface area contributed by atoms with Crippen molar-refractivity contribution in [3.05, 3.63) is 35.9 Å². The zero-order valence-electron chi connectivity index (χ0n) is 10.4. The van der Waals surface area contributed by atoms with Crippen LogP contribution in [-0.4, -0.2) is 23.7 Å². The van der Waals surface area contributed by atoms with E-state index in [1.165, 1.54) is 24.9 Å². The molecule has 2 heteroatoms. The van der Waals surface area contributed by atoms with Gasteiger partial charge in [0.15, 0.2) is 0 Å². The third-order valence-corrected chi connectivity index (χ3v) is 3.74. The van der Waals surface area contributed by atoms with Crippen LogP contribution in [0.3, 0.4) is 0 Å². The molecule has 1 aliphatic rings. The minimum atomic E-state index is 0.354. The maximum atomic E-state index is 3.64. The molecule has 0 aromatic heterocycles. The van der Waals surface area contributed by atoms with Gasteiger partial charge in [-0.15, -0.1) is 0 Å². The van der Waals surface area contributed by atoms with Crippen molar-refractivity contribution in [2.75, 3.05) is 13.2 Å². The highest BCUT2D eigenvalue weighted by atomic mass is 15.3. The van der Waals surface area contributed by atoms with Crippen molar-refractivity contribution in [3.8, 4) is 0 Å². The maximum Gasteiger partial charge on any atom is 0.0487 e. The van der Waals surface area contributed by atoms with Crippen LogP contribution in [0, 0.1) is 0 Å². The van der Waals surface area contributed by atoms with Crippen LogP contribution in [0.4, 0.5) is 0 Å². The molecule has 1 fully saturated rings. The SMILES string of the molecule is CCC1(C)CCN(Cc2ccccc2)CN1.